The van der Waals surface area contributed by atoms with E-state index < -0.39 is 0 Å². The Morgan fingerprint density at radius 2 is 2.36 bits per heavy atom. The summed E-state index contributed by atoms with van der Waals surface area (Å²) in [6.07, 6.45) is 1.68. The molecule has 0 amide bonds. The van der Waals surface area contributed by atoms with Gasteiger partial charge in [-0.3, -0.25) is 0 Å². The van der Waals surface area contributed by atoms with Gasteiger partial charge in [0.15, 0.2) is 0 Å². The molecule has 2 aromatic rings. The van der Waals surface area contributed by atoms with Gasteiger partial charge in [-0.15, -0.1) is 11.3 Å². The molecule has 0 spiro atoms. The molecular weight excluding hydrogens is 218 g/mol. The van der Waals surface area contributed by atoms with Gasteiger partial charge in [0.2, 0.25) is 0 Å². The minimum Gasteiger partial charge on any atom is -0.469 e. The van der Waals surface area contributed by atoms with E-state index in [9.17, 15) is 0 Å². The van der Waals surface area contributed by atoms with E-state index in [4.69, 9.17) is 21.8 Å². The molecule has 0 radical (unpaired) electrons. The third kappa shape index (κ3) is 1.71. The fourth-order valence-corrected chi connectivity index (χ4v) is 2.51. The number of rotatable bonds is 2. The van der Waals surface area contributed by atoms with Gasteiger partial charge in [0, 0.05) is 10.4 Å². The van der Waals surface area contributed by atoms with E-state index in [1.54, 1.807) is 17.6 Å². The Balaban J connectivity index is 2.33. The van der Waals surface area contributed by atoms with E-state index >= 15 is 0 Å². The summed E-state index contributed by atoms with van der Waals surface area (Å²) in [5.74, 6) is 0.864. The molecule has 0 aromatic carbocycles. The third-order valence-corrected chi connectivity index (χ3v) is 3.48. The summed E-state index contributed by atoms with van der Waals surface area (Å²) in [5, 5.41) is 2.66. The monoisotopic (exact) mass is 227 g/mol. The van der Waals surface area contributed by atoms with Crippen LogP contribution < -0.4 is 5.73 Å². The highest BCUT2D eigenvalue weighted by atomic mass is 35.5. The molecule has 0 saturated heterocycles. The van der Waals surface area contributed by atoms with Gasteiger partial charge in [-0.05, 0) is 24.4 Å². The van der Waals surface area contributed by atoms with Gasteiger partial charge in [-0.25, -0.2) is 0 Å². The van der Waals surface area contributed by atoms with Crippen LogP contribution in [0.1, 0.15) is 22.2 Å². The number of aryl methyl sites for hydroxylation is 1. The largest absolute Gasteiger partial charge is 0.469 e. The highest BCUT2D eigenvalue weighted by molar-refractivity contribution is 7.10. The van der Waals surface area contributed by atoms with E-state index in [-0.39, 0.29) is 6.04 Å². The maximum Gasteiger partial charge on any atom is 0.101 e. The first-order chi connectivity index (χ1) is 6.68. The topological polar surface area (TPSA) is 39.2 Å². The molecule has 0 aliphatic rings. The maximum atomic E-state index is 6.04. The Kier molecular flexibility index (Phi) is 2.63. The zero-order valence-electron chi connectivity index (χ0n) is 7.66. The van der Waals surface area contributed by atoms with Gasteiger partial charge in [-0.2, -0.15) is 0 Å². The van der Waals surface area contributed by atoms with Gasteiger partial charge in [0.25, 0.3) is 0 Å². The summed E-state index contributed by atoms with van der Waals surface area (Å²) in [7, 11) is 0. The quantitative estimate of drug-likeness (QED) is 0.855. The van der Waals surface area contributed by atoms with Crippen molar-refractivity contribution in [2.75, 3.05) is 0 Å². The van der Waals surface area contributed by atoms with Crippen LogP contribution >= 0.6 is 22.9 Å². The average Bonchev–Trinajstić information content (AvgIpc) is 2.73. The molecule has 2 aromatic heterocycles. The number of furan rings is 1. The molecule has 1 unspecified atom stereocenters. The molecule has 2 nitrogen and oxygen atoms in total. The molecule has 74 valence electrons. The number of thiophene rings is 1. The molecule has 2 rings (SSSR count). The first kappa shape index (κ1) is 9.77. The molecule has 2 N–H and O–H groups in total. The predicted molar refractivity (Wildman–Crippen MR) is 58.8 cm³/mol. The van der Waals surface area contributed by atoms with Crippen molar-refractivity contribution < 1.29 is 4.42 Å². The SMILES string of the molecule is Cc1cc(C(N)c2sccc2Cl)co1. The van der Waals surface area contributed by atoms with Gasteiger partial charge in [-0.1, -0.05) is 11.6 Å². The van der Waals surface area contributed by atoms with E-state index in [0.29, 0.717) is 0 Å². The lowest BCUT2D eigenvalue weighted by Crippen LogP contribution is -2.09. The van der Waals surface area contributed by atoms with Crippen LogP contribution in [0.15, 0.2) is 28.2 Å². The lowest BCUT2D eigenvalue weighted by molar-refractivity contribution is 0.530. The molecule has 0 aliphatic heterocycles. The zero-order valence-corrected chi connectivity index (χ0v) is 9.23. The fraction of sp³-hybridized carbons (Fsp3) is 0.200. The lowest BCUT2D eigenvalue weighted by atomic mass is 10.1. The molecular formula is C10H10ClNOS. The lowest BCUT2D eigenvalue weighted by Gasteiger charge is -2.06. The van der Waals surface area contributed by atoms with Crippen LogP contribution in [-0.2, 0) is 0 Å². The molecule has 1 atom stereocenters. The van der Waals surface area contributed by atoms with Crippen molar-refractivity contribution in [1.82, 2.24) is 0 Å². The summed E-state index contributed by atoms with van der Waals surface area (Å²) < 4.78 is 5.21. The van der Waals surface area contributed by atoms with Crippen LogP contribution in [0.3, 0.4) is 0 Å². The minimum atomic E-state index is -0.181. The normalized spacial score (nSPS) is 13.1. The first-order valence-corrected chi connectivity index (χ1v) is 5.47. The molecule has 4 heteroatoms. The predicted octanol–water partition coefficient (Wildman–Crippen LogP) is 3.35. The van der Waals surface area contributed by atoms with Gasteiger partial charge in [0.1, 0.15) is 5.76 Å². The smallest absolute Gasteiger partial charge is 0.101 e. The highest BCUT2D eigenvalue weighted by Crippen LogP contribution is 2.31. The number of nitrogens with two attached hydrogens (primary N) is 1. The van der Waals surface area contributed by atoms with Gasteiger partial charge < -0.3 is 10.2 Å². The average molecular weight is 228 g/mol. The van der Waals surface area contributed by atoms with E-state index in [0.717, 1.165) is 21.2 Å². The highest BCUT2D eigenvalue weighted by Gasteiger charge is 2.15. The van der Waals surface area contributed by atoms with E-state index in [1.807, 2.05) is 24.4 Å². The summed E-state index contributed by atoms with van der Waals surface area (Å²) in [6.45, 7) is 1.90. The van der Waals surface area contributed by atoms with Gasteiger partial charge >= 0.3 is 0 Å². The summed E-state index contributed by atoms with van der Waals surface area (Å²) in [5.41, 5.74) is 7.01. The Labute approximate surface area is 91.3 Å². The van der Waals surface area contributed by atoms with Crippen molar-refractivity contribution in [3.8, 4) is 0 Å². The number of halogens is 1. The van der Waals surface area contributed by atoms with Crippen molar-refractivity contribution in [1.29, 1.82) is 0 Å². The Morgan fingerprint density at radius 3 is 2.86 bits per heavy atom. The van der Waals surface area contributed by atoms with Gasteiger partial charge in [0.05, 0.1) is 17.3 Å². The van der Waals surface area contributed by atoms with Crippen molar-refractivity contribution in [3.63, 3.8) is 0 Å². The van der Waals surface area contributed by atoms with E-state index in [1.165, 1.54) is 0 Å². The summed E-state index contributed by atoms with van der Waals surface area (Å²) in [6, 6.07) is 3.61. The summed E-state index contributed by atoms with van der Waals surface area (Å²) >= 11 is 7.55. The van der Waals surface area contributed by atoms with Crippen molar-refractivity contribution in [2.45, 2.75) is 13.0 Å². The van der Waals surface area contributed by atoms with Crippen LogP contribution in [0, 0.1) is 6.92 Å². The molecule has 0 fully saturated rings. The van der Waals surface area contributed by atoms with Crippen LogP contribution in [0.25, 0.3) is 0 Å². The van der Waals surface area contributed by atoms with Crippen LogP contribution in [0.5, 0.6) is 0 Å². The standard InChI is InChI=1S/C10H10ClNOS/c1-6-4-7(5-13-6)9(12)10-8(11)2-3-14-10/h2-5,9H,12H2,1H3. The number of hydrogen-bond donors (Lipinski definition) is 1. The maximum absolute atomic E-state index is 6.04. The van der Waals surface area contributed by atoms with Crippen LogP contribution in [0.2, 0.25) is 5.02 Å². The first-order valence-electron chi connectivity index (χ1n) is 4.22. The second-order valence-electron chi connectivity index (χ2n) is 3.10. The van der Waals surface area contributed by atoms with E-state index in [2.05, 4.69) is 0 Å². The van der Waals surface area contributed by atoms with Crippen LogP contribution in [0.4, 0.5) is 0 Å². The second kappa shape index (κ2) is 3.77. The third-order valence-electron chi connectivity index (χ3n) is 2.04. The summed E-state index contributed by atoms with van der Waals surface area (Å²) in [4.78, 5) is 0.979. The number of hydrogen-bond acceptors (Lipinski definition) is 3. The molecule has 0 saturated carbocycles. The van der Waals surface area contributed by atoms with Crippen molar-refractivity contribution in [2.24, 2.45) is 5.73 Å². The van der Waals surface area contributed by atoms with Crippen molar-refractivity contribution >= 4 is 22.9 Å². The fourth-order valence-electron chi connectivity index (χ4n) is 1.31. The molecule has 0 aliphatic carbocycles. The second-order valence-corrected chi connectivity index (χ2v) is 4.46. The molecule has 2 heterocycles. The van der Waals surface area contributed by atoms with Crippen molar-refractivity contribution in [3.05, 3.63) is 45.0 Å². The Hall–Kier alpha value is -0.770. The molecule has 0 bridgehead atoms. The zero-order chi connectivity index (χ0) is 10.1. The Morgan fingerprint density at radius 1 is 1.57 bits per heavy atom. The minimum absolute atomic E-state index is 0.181. The Bertz CT molecular complexity index is 435. The van der Waals surface area contributed by atoms with Crippen LogP contribution in [-0.4, -0.2) is 0 Å². The molecule has 14 heavy (non-hydrogen) atoms.